The number of nitrogens with zero attached hydrogens (tertiary/aromatic N) is 2. The molecule has 0 bridgehead atoms. The number of benzene rings is 2. The molecule has 0 aliphatic rings. The van der Waals surface area contributed by atoms with Gasteiger partial charge >= 0.3 is 0 Å². The van der Waals surface area contributed by atoms with E-state index in [1.54, 1.807) is 0 Å². The minimum atomic E-state index is 0.544. The summed E-state index contributed by atoms with van der Waals surface area (Å²) < 4.78 is 8.84. The average Bonchev–Trinajstić information content (AvgIpc) is 2.92. The van der Waals surface area contributed by atoms with Crippen LogP contribution in [0.15, 0.2) is 46.9 Å². The van der Waals surface area contributed by atoms with Crippen LogP contribution in [0.3, 0.4) is 0 Å². The highest BCUT2D eigenvalue weighted by molar-refractivity contribution is 9.10. The van der Waals surface area contributed by atoms with Gasteiger partial charge in [-0.25, -0.2) is 0 Å². The topological polar surface area (TPSA) is 27.1 Å². The molecule has 0 radical (unpaired) electrons. The molecular formula is C20H27BrN2O. The Balaban J connectivity index is 0.000000671. The Morgan fingerprint density at radius 3 is 2.25 bits per heavy atom. The second-order valence-electron chi connectivity index (χ2n) is 4.76. The molecule has 0 saturated carbocycles. The lowest BCUT2D eigenvalue weighted by Crippen LogP contribution is -1.99. The third kappa shape index (κ3) is 4.60. The molecule has 0 aliphatic heterocycles. The summed E-state index contributed by atoms with van der Waals surface area (Å²) in [6.07, 6.45) is 0. The van der Waals surface area contributed by atoms with E-state index in [0.29, 0.717) is 6.61 Å². The van der Waals surface area contributed by atoms with Crippen LogP contribution >= 0.6 is 15.9 Å². The summed E-state index contributed by atoms with van der Waals surface area (Å²) in [5.41, 5.74) is 3.18. The first-order valence-corrected chi connectivity index (χ1v) is 9.24. The molecule has 0 amide bonds. The monoisotopic (exact) mass is 390 g/mol. The van der Waals surface area contributed by atoms with Gasteiger partial charge < -0.3 is 4.74 Å². The molecule has 3 rings (SSSR count). The Kier molecular flexibility index (Phi) is 8.55. The normalized spacial score (nSPS) is 9.62. The van der Waals surface area contributed by atoms with E-state index in [9.17, 15) is 0 Å². The van der Waals surface area contributed by atoms with Crippen LogP contribution in [0.1, 0.15) is 39.0 Å². The van der Waals surface area contributed by atoms with E-state index in [1.807, 2.05) is 70.6 Å². The molecule has 130 valence electrons. The largest absolute Gasteiger partial charge is 0.485 e. The zero-order chi connectivity index (χ0) is 18.1. The van der Waals surface area contributed by atoms with Crippen LogP contribution in [0, 0.1) is 6.92 Å². The van der Waals surface area contributed by atoms with Crippen LogP contribution in [-0.4, -0.2) is 9.78 Å². The zero-order valence-electron chi connectivity index (χ0n) is 15.4. The minimum Gasteiger partial charge on any atom is -0.485 e. The maximum atomic E-state index is 6.02. The van der Waals surface area contributed by atoms with Gasteiger partial charge in [0.05, 0.1) is 10.2 Å². The zero-order valence-corrected chi connectivity index (χ0v) is 17.0. The van der Waals surface area contributed by atoms with Gasteiger partial charge in [0.1, 0.15) is 12.1 Å². The van der Waals surface area contributed by atoms with Crippen molar-refractivity contribution in [3.63, 3.8) is 0 Å². The molecule has 24 heavy (non-hydrogen) atoms. The summed E-state index contributed by atoms with van der Waals surface area (Å²) in [6, 6.07) is 14.2. The summed E-state index contributed by atoms with van der Waals surface area (Å²) in [5.74, 6) is 0.842. The summed E-state index contributed by atoms with van der Waals surface area (Å²) >= 11 is 3.57. The number of rotatable bonds is 3. The van der Waals surface area contributed by atoms with Crippen LogP contribution < -0.4 is 4.74 Å². The lowest BCUT2D eigenvalue weighted by molar-refractivity contribution is 0.306. The van der Waals surface area contributed by atoms with Gasteiger partial charge in [-0.1, -0.05) is 58.0 Å². The van der Waals surface area contributed by atoms with Crippen LogP contribution in [0.25, 0.3) is 10.9 Å². The SMILES string of the molecule is CC.CC.Cc1nn(C)c2c(OCc3ccccc3)c(Br)ccc12. The molecule has 0 fully saturated rings. The molecule has 0 spiro atoms. The van der Waals surface area contributed by atoms with Gasteiger partial charge in [-0.15, -0.1) is 0 Å². The van der Waals surface area contributed by atoms with E-state index in [1.165, 1.54) is 0 Å². The maximum Gasteiger partial charge on any atom is 0.159 e. The van der Waals surface area contributed by atoms with Crippen molar-refractivity contribution in [3.05, 3.63) is 58.2 Å². The van der Waals surface area contributed by atoms with Crippen LogP contribution in [0.5, 0.6) is 5.75 Å². The third-order valence-electron chi connectivity index (χ3n) is 3.32. The maximum absolute atomic E-state index is 6.02. The molecule has 0 saturated heterocycles. The predicted octanol–water partition coefficient (Wildman–Crippen LogP) is 6.28. The molecular weight excluding hydrogens is 364 g/mol. The van der Waals surface area contributed by atoms with Crippen molar-refractivity contribution in [1.29, 1.82) is 0 Å². The van der Waals surface area contributed by atoms with Crippen molar-refractivity contribution >= 4 is 26.8 Å². The molecule has 0 aliphatic carbocycles. The number of halogens is 1. The van der Waals surface area contributed by atoms with Gasteiger partial charge in [0.15, 0.2) is 5.75 Å². The van der Waals surface area contributed by atoms with E-state index in [2.05, 4.69) is 39.2 Å². The van der Waals surface area contributed by atoms with Crippen molar-refractivity contribution < 1.29 is 4.74 Å². The second kappa shape index (κ2) is 10.1. The molecule has 1 heterocycles. The first kappa shape index (κ1) is 20.2. The molecule has 0 unspecified atom stereocenters. The molecule has 0 atom stereocenters. The van der Waals surface area contributed by atoms with Crippen LogP contribution in [0.2, 0.25) is 0 Å². The molecule has 3 nitrogen and oxygen atoms in total. The van der Waals surface area contributed by atoms with Gasteiger partial charge in [-0.3, -0.25) is 4.68 Å². The van der Waals surface area contributed by atoms with Gasteiger partial charge in [0.2, 0.25) is 0 Å². The van der Waals surface area contributed by atoms with Gasteiger partial charge in [-0.05, 0) is 40.5 Å². The fraction of sp³-hybridized carbons (Fsp3) is 0.350. The fourth-order valence-corrected chi connectivity index (χ4v) is 2.79. The third-order valence-corrected chi connectivity index (χ3v) is 3.95. The quantitative estimate of drug-likeness (QED) is 0.526. The number of aromatic nitrogens is 2. The van der Waals surface area contributed by atoms with Crippen molar-refractivity contribution in [2.24, 2.45) is 7.05 Å². The van der Waals surface area contributed by atoms with Gasteiger partial charge in [0, 0.05) is 12.4 Å². The Morgan fingerprint density at radius 2 is 1.62 bits per heavy atom. The lowest BCUT2D eigenvalue weighted by atomic mass is 10.2. The van der Waals surface area contributed by atoms with E-state index in [4.69, 9.17) is 4.74 Å². The van der Waals surface area contributed by atoms with Crippen LogP contribution in [0.4, 0.5) is 0 Å². The second-order valence-corrected chi connectivity index (χ2v) is 5.61. The number of fused-ring (bicyclic) bond motifs is 1. The van der Waals surface area contributed by atoms with E-state index in [0.717, 1.165) is 32.4 Å². The van der Waals surface area contributed by atoms with Crippen molar-refractivity contribution in [3.8, 4) is 5.75 Å². The Morgan fingerprint density at radius 1 is 1.00 bits per heavy atom. The highest BCUT2D eigenvalue weighted by atomic mass is 79.9. The first-order valence-electron chi connectivity index (χ1n) is 8.45. The number of hydrogen-bond donors (Lipinski definition) is 0. The molecule has 2 aromatic carbocycles. The Labute approximate surface area is 153 Å². The number of aryl methyl sites for hydroxylation is 2. The smallest absolute Gasteiger partial charge is 0.159 e. The Hall–Kier alpha value is -1.81. The fourth-order valence-electron chi connectivity index (χ4n) is 2.36. The van der Waals surface area contributed by atoms with E-state index < -0.39 is 0 Å². The standard InChI is InChI=1S/C16H15BrN2O.2C2H6/c1-11-13-8-9-14(17)16(15(13)19(2)18-11)20-10-12-6-4-3-5-7-12;2*1-2/h3-9H,10H2,1-2H3;2*1-2H3. The molecule has 3 aromatic rings. The highest BCUT2D eigenvalue weighted by Gasteiger charge is 2.14. The molecule has 1 aromatic heterocycles. The lowest BCUT2D eigenvalue weighted by Gasteiger charge is -2.10. The van der Waals surface area contributed by atoms with Crippen molar-refractivity contribution in [2.45, 2.75) is 41.2 Å². The highest BCUT2D eigenvalue weighted by Crippen LogP contribution is 2.35. The number of hydrogen-bond acceptors (Lipinski definition) is 2. The Bertz CT molecular complexity index is 751. The minimum absolute atomic E-state index is 0.544. The molecule has 0 N–H and O–H groups in total. The first-order chi connectivity index (χ1) is 11.7. The number of ether oxygens (including phenoxy) is 1. The average molecular weight is 391 g/mol. The summed E-state index contributed by atoms with van der Waals surface area (Å²) in [4.78, 5) is 0. The summed E-state index contributed by atoms with van der Waals surface area (Å²) in [5, 5.41) is 5.59. The van der Waals surface area contributed by atoms with Crippen molar-refractivity contribution in [2.75, 3.05) is 0 Å². The predicted molar refractivity (Wildman–Crippen MR) is 107 cm³/mol. The van der Waals surface area contributed by atoms with Gasteiger partial charge in [0.25, 0.3) is 0 Å². The molecule has 4 heteroatoms. The van der Waals surface area contributed by atoms with Gasteiger partial charge in [-0.2, -0.15) is 5.10 Å². The summed E-state index contributed by atoms with van der Waals surface area (Å²) in [6.45, 7) is 10.6. The summed E-state index contributed by atoms with van der Waals surface area (Å²) in [7, 11) is 1.94. The van der Waals surface area contributed by atoms with Crippen LogP contribution in [-0.2, 0) is 13.7 Å². The van der Waals surface area contributed by atoms with E-state index >= 15 is 0 Å². The van der Waals surface area contributed by atoms with E-state index in [-0.39, 0.29) is 0 Å². The van der Waals surface area contributed by atoms with Crippen molar-refractivity contribution in [1.82, 2.24) is 9.78 Å².